The number of carboxylic acid groups (broad SMARTS) is 3. The maximum atomic E-state index is 9.76. The zero-order chi connectivity index (χ0) is 15.0. The lowest BCUT2D eigenvalue weighted by atomic mass is 10.3. The molecule has 0 amide bonds. The van der Waals surface area contributed by atoms with Crippen LogP contribution < -0.4 is 0 Å². The van der Waals surface area contributed by atoms with Gasteiger partial charge in [0.25, 0.3) is 5.97 Å². The largest absolute Gasteiger partial charge is 0.481 e. The van der Waals surface area contributed by atoms with Crippen molar-refractivity contribution < 1.29 is 29.7 Å². The first-order valence-electron chi connectivity index (χ1n) is 5.90. The SMILES string of the molecule is CC(=O)O.CCCCC(=O)O.CCCCC(=O)O. The molecule has 0 spiro atoms. The van der Waals surface area contributed by atoms with Crippen LogP contribution in [0.3, 0.4) is 0 Å². The van der Waals surface area contributed by atoms with Crippen LogP contribution in [0.5, 0.6) is 0 Å². The van der Waals surface area contributed by atoms with Gasteiger partial charge >= 0.3 is 11.9 Å². The van der Waals surface area contributed by atoms with Crippen LogP contribution in [0, 0.1) is 0 Å². The van der Waals surface area contributed by atoms with Gasteiger partial charge in [0.05, 0.1) is 0 Å². The molecule has 0 bridgehead atoms. The van der Waals surface area contributed by atoms with Crippen LogP contribution in [0.15, 0.2) is 0 Å². The molecule has 0 saturated heterocycles. The zero-order valence-corrected chi connectivity index (χ0v) is 11.3. The molecular weight excluding hydrogens is 240 g/mol. The number of hydrogen-bond donors (Lipinski definition) is 3. The van der Waals surface area contributed by atoms with E-state index in [0.29, 0.717) is 12.8 Å². The van der Waals surface area contributed by atoms with Crippen LogP contribution >= 0.6 is 0 Å². The van der Waals surface area contributed by atoms with Gasteiger partial charge in [0.1, 0.15) is 0 Å². The second-order valence-electron chi connectivity index (χ2n) is 3.51. The van der Waals surface area contributed by atoms with Crippen molar-refractivity contribution in [3.05, 3.63) is 0 Å². The predicted molar refractivity (Wildman–Crippen MR) is 67.6 cm³/mol. The number of carboxylic acids is 3. The average molecular weight is 264 g/mol. The minimum atomic E-state index is -0.833. The lowest BCUT2D eigenvalue weighted by Crippen LogP contribution is -1.91. The molecule has 0 aliphatic carbocycles. The Bertz CT molecular complexity index is 203. The van der Waals surface area contributed by atoms with Crippen molar-refractivity contribution in [2.45, 2.75) is 59.3 Å². The Morgan fingerprint density at radius 3 is 1.06 bits per heavy atom. The van der Waals surface area contributed by atoms with Gasteiger partial charge in [0, 0.05) is 19.8 Å². The summed E-state index contributed by atoms with van der Waals surface area (Å²) in [5.74, 6) is -2.22. The highest BCUT2D eigenvalue weighted by Crippen LogP contribution is 1.91. The van der Waals surface area contributed by atoms with E-state index in [4.69, 9.17) is 20.1 Å². The topological polar surface area (TPSA) is 112 Å². The summed E-state index contributed by atoms with van der Waals surface area (Å²) in [5, 5.41) is 23.5. The smallest absolute Gasteiger partial charge is 0.303 e. The highest BCUT2D eigenvalue weighted by Gasteiger charge is 1.91. The lowest BCUT2D eigenvalue weighted by molar-refractivity contribution is -0.138. The average Bonchev–Trinajstić information content (AvgIpc) is 2.23. The third kappa shape index (κ3) is 63.1. The van der Waals surface area contributed by atoms with Crippen molar-refractivity contribution in [3.63, 3.8) is 0 Å². The molecule has 0 aliphatic rings. The van der Waals surface area contributed by atoms with Crippen molar-refractivity contribution >= 4 is 17.9 Å². The van der Waals surface area contributed by atoms with Crippen LogP contribution in [-0.2, 0) is 14.4 Å². The molecule has 3 N–H and O–H groups in total. The Morgan fingerprint density at radius 2 is 1.00 bits per heavy atom. The number of unbranched alkanes of at least 4 members (excludes halogenated alkanes) is 2. The summed E-state index contributed by atoms with van der Waals surface area (Å²) < 4.78 is 0. The maximum absolute atomic E-state index is 9.76. The second kappa shape index (κ2) is 17.8. The number of rotatable bonds is 6. The van der Waals surface area contributed by atoms with Crippen molar-refractivity contribution in [1.82, 2.24) is 0 Å². The van der Waals surface area contributed by atoms with Gasteiger partial charge in [0.2, 0.25) is 0 Å². The minimum Gasteiger partial charge on any atom is -0.481 e. The fraction of sp³-hybridized carbons (Fsp3) is 0.750. The number of hydrogen-bond acceptors (Lipinski definition) is 3. The quantitative estimate of drug-likeness (QED) is 0.679. The van der Waals surface area contributed by atoms with E-state index in [1.807, 2.05) is 13.8 Å². The van der Waals surface area contributed by atoms with E-state index in [-0.39, 0.29) is 0 Å². The molecule has 0 saturated carbocycles. The highest BCUT2D eigenvalue weighted by molar-refractivity contribution is 5.66. The summed E-state index contributed by atoms with van der Waals surface area (Å²) in [6.45, 7) is 5.03. The van der Waals surface area contributed by atoms with Crippen molar-refractivity contribution in [3.8, 4) is 0 Å². The summed E-state index contributed by atoms with van der Waals surface area (Å²) in [6.07, 6.45) is 4.16. The molecule has 108 valence electrons. The first-order chi connectivity index (χ1) is 8.27. The fourth-order valence-electron chi connectivity index (χ4n) is 0.656. The van der Waals surface area contributed by atoms with E-state index >= 15 is 0 Å². The molecule has 6 heteroatoms. The lowest BCUT2D eigenvalue weighted by Gasteiger charge is -1.85. The van der Waals surface area contributed by atoms with Gasteiger partial charge in [-0.25, -0.2) is 0 Å². The Labute approximate surface area is 108 Å². The molecule has 0 aromatic rings. The normalized spacial score (nSPS) is 8.17. The molecule has 0 aromatic carbocycles. The number of carbonyl (C=O) groups is 3. The highest BCUT2D eigenvalue weighted by atomic mass is 16.4. The molecule has 6 nitrogen and oxygen atoms in total. The Kier molecular flexibility index (Phi) is 21.4. The van der Waals surface area contributed by atoms with Crippen molar-refractivity contribution in [2.24, 2.45) is 0 Å². The van der Waals surface area contributed by atoms with Gasteiger partial charge in [-0.2, -0.15) is 0 Å². The molecular formula is C12H24O6. The van der Waals surface area contributed by atoms with E-state index in [2.05, 4.69) is 0 Å². The summed E-state index contributed by atoms with van der Waals surface area (Å²) in [5.41, 5.74) is 0. The number of aliphatic carboxylic acids is 3. The van der Waals surface area contributed by atoms with E-state index in [9.17, 15) is 9.59 Å². The molecule has 0 atom stereocenters. The van der Waals surface area contributed by atoms with Gasteiger partial charge in [0.15, 0.2) is 0 Å². The van der Waals surface area contributed by atoms with Gasteiger partial charge < -0.3 is 15.3 Å². The first-order valence-corrected chi connectivity index (χ1v) is 5.90. The van der Waals surface area contributed by atoms with Crippen LogP contribution in [0.2, 0.25) is 0 Å². The van der Waals surface area contributed by atoms with E-state index in [0.717, 1.165) is 32.6 Å². The van der Waals surface area contributed by atoms with Crippen LogP contribution in [-0.4, -0.2) is 33.2 Å². The second-order valence-corrected chi connectivity index (χ2v) is 3.51. The summed E-state index contributed by atoms with van der Waals surface area (Å²) >= 11 is 0. The minimum absolute atomic E-state index is 0.316. The standard InChI is InChI=1S/2C5H10O2.C2H4O2/c2*1-2-3-4-5(6)7;1-2(3)4/h2*2-4H2,1H3,(H,6,7);1H3,(H,3,4). The predicted octanol–water partition coefficient (Wildman–Crippen LogP) is 2.61. The molecule has 0 heterocycles. The van der Waals surface area contributed by atoms with E-state index in [1.54, 1.807) is 0 Å². The Balaban J connectivity index is -0.000000196. The molecule has 0 fully saturated rings. The molecule has 0 rings (SSSR count). The molecule has 18 heavy (non-hydrogen) atoms. The van der Waals surface area contributed by atoms with Gasteiger partial charge in [-0.1, -0.05) is 26.7 Å². The van der Waals surface area contributed by atoms with Gasteiger partial charge in [-0.3, -0.25) is 14.4 Å². The Morgan fingerprint density at radius 1 is 0.778 bits per heavy atom. The third-order valence-electron chi connectivity index (χ3n) is 1.49. The molecule has 0 aliphatic heterocycles. The summed E-state index contributed by atoms with van der Waals surface area (Å²) in [4.78, 5) is 28.5. The van der Waals surface area contributed by atoms with Gasteiger partial charge in [-0.15, -0.1) is 0 Å². The first kappa shape index (κ1) is 21.7. The van der Waals surface area contributed by atoms with Crippen molar-refractivity contribution in [2.75, 3.05) is 0 Å². The molecule has 0 radical (unpaired) electrons. The van der Waals surface area contributed by atoms with Crippen LogP contribution in [0.1, 0.15) is 59.3 Å². The monoisotopic (exact) mass is 264 g/mol. The van der Waals surface area contributed by atoms with Gasteiger partial charge in [-0.05, 0) is 12.8 Å². The van der Waals surface area contributed by atoms with Crippen LogP contribution in [0.25, 0.3) is 0 Å². The summed E-state index contributed by atoms with van der Waals surface area (Å²) in [6, 6.07) is 0. The molecule has 0 unspecified atom stereocenters. The summed E-state index contributed by atoms with van der Waals surface area (Å²) in [7, 11) is 0. The van der Waals surface area contributed by atoms with E-state index in [1.165, 1.54) is 0 Å². The third-order valence-corrected chi connectivity index (χ3v) is 1.49. The Hall–Kier alpha value is -1.59. The van der Waals surface area contributed by atoms with Crippen LogP contribution in [0.4, 0.5) is 0 Å². The fourth-order valence-corrected chi connectivity index (χ4v) is 0.656. The molecule has 0 aromatic heterocycles. The van der Waals surface area contributed by atoms with Crippen molar-refractivity contribution in [1.29, 1.82) is 0 Å². The maximum Gasteiger partial charge on any atom is 0.303 e. The zero-order valence-electron chi connectivity index (χ0n) is 11.3. The van der Waals surface area contributed by atoms with E-state index < -0.39 is 17.9 Å².